The van der Waals surface area contributed by atoms with Crippen LogP contribution in [-0.4, -0.2) is 24.4 Å². The highest BCUT2D eigenvalue weighted by molar-refractivity contribution is 7.80. The van der Waals surface area contributed by atoms with Crippen LogP contribution in [-0.2, 0) is 4.74 Å². The summed E-state index contributed by atoms with van der Waals surface area (Å²) in [4.78, 5) is 4.67. The highest BCUT2D eigenvalue weighted by atomic mass is 32.1. The van der Waals surface area contributed by atoms with Crippen LogP contribution < -0.4 is 5.32 Å². The fourth-order valence-electron chi connectivity index (χ4n) is 2.04. The Morgan fingerprint density at radius 2 is 2.28 bits per heavy atom. The van der Waals surface area contributed by atoms with Crippen molar-refractivity contribution in [3.63, 3.8) is 0 Å². The van der Waals surface area contributed by atoms with Crippen molar-refractivity contribution in [2.45, 2.75) is 26.8 Å². The van der Waals surface area contributed by atoms with Gasteiger partial charge in [-0.05, 0) is 24.5 Å². The topological polar surface area (TPSA) is 33.6 Å². The Morgan fingerprint density at radius 1 is 1.50 bits per heavy atom. The van der Waals surface area contributed by atoms with Crippen LogP contribution in [0.25, 0.3) is 0 Å². The number of benzene rings is 1. The van der Waals surface area contributed by atoms with Gasteiger partial charge >= 0.3 is 0 Å². The molecule has 0 aliphatic carbocycles. The number of thiol groups is 1. The van der Waals surface area contributed by atoms with Crippen LogP contribution in [0.2, 0.25) is 0 Å². The third-order valence-corrected chi connectivity index (χ3v) is 3.36. The molecule has 4 heteroatoms. The van der Waals surface area contributed by atoms with Gasteiger partial charge < -0.3 is 10.1 Å². The van der Waals surface area contributed by atoms with Crippen LogP contribution in [0.5, 0.6) is 0 Å². The number of para-hydroxylation sites is 1. The van der Waals surface area contributed by atoms with Crippen LogP contribution in [0, 0.1) is 12.8 Å². The highest BCUT2D eigenvalue weighted by Crippen LogP contribution is 2.25. The van der Waals surface area contributed by atoms with Gasteiger partial charge in [-0.2, -0.15) is 12.6 Å². The molecule has 0 aromatic heterocycles. The molecule has 98 valence electrons. The number of nitrogens with one attached hydrogen (secondary N) is 1. The van der Waals surface area contributed by atoms with E-state index in [0.717, 1.165) is 17.1 Å². The monoisotopic (exact) mass is 264 g/mol. The fourth-order valence-corrected chi connectivity index (χ4v) is 2.20. The van der Waals surface area contributed by atoms with Crippen molar-refractivity contribution in [1.29, 1.82) is 0 Å². The van der Waals surface area contributed by atoms with Crippen LogP contribution in [0.15, 0.2) is 23.2 Å². The maximum Gasteiger partial charge on any atom is 0.218 e. The summed E-state index contributed by atoms with van der Waals surface area (Å²) < 4.78 is 5.74. The Kier molecular flexibility index (Phi) is 4.17. The Labute approximate surface area is 114 Å². The molecule has 3 nitrogen and oxygen atoms in total. The second-order valence-electron chi connectivity index (χ2n) is 4.89. The van der Waals surface area contributed by atoms with Crippen LogP contribution >= 0.6 is 12.6 Å². The first-order chi connectivity index (χ1) is 8.63. The van der Waals surface area contributed by atoms with Gasteiger partial charge in [0.2, 0.25) is 5.90 Å². The lowest BCUT2D eigenvalue weighted by molar-refractivity contribution is 0.292. The predicted molar refractivity (Wildman–Crippen MR) is 79.8 cm³/mol. The Hall–Kier alpha value is -1.16. The van der Waals surface area contributed by atoms with Gasteiger partial charge in [-0.3, -0.25) is 0 Å². The molecule has 0 amide bonds. The second kappa shape index (κ2) is 5.65. The van der Waals surface area contributed by atoms with E-state index in [1.54, 1.807) is 0 Å². The van der Waals surface area contributed by atoms with Gasteiger partial charge in [0.15, 0.2) is 0 Å². The van der Waals surface area contributed by atoms with E-state index in [1.165, 1.54) is 5.56 Å². The molecule has 1 aromatic rings. The zero-order valence-corrected chi connectivity index (χ0v) is 12.0. The van der Waals surface area contributed by atoms with E-state index >= 15 is 0 Å². The lowest BCUT2D eigenvalue weighted by Gasteiger charge is -2.12. The van der Waals surface area contributed by atoms with Gasteiger partial charge in [0.25, 0.3) is 0 Å². The van der Waals surface area contributed by atoms with Crippen LogP contribution in [0.4, 0.5) is 5.69 Å². The number of aryl methyl sites for hydroxylation is 1. The molecule has 1 aliphatic heterocycles. The molecule has 1 atom stereocenters. The summed E-state index contributed by atoms with van der Waals surface area (Å²) >= 11 is 4.23. The van der Waals surface area contributed by atoms with Crippen LogP contribution in [0.3, 0.4) is 0 Å². The summed E-state index contributed by atoms with van der Waals surface area (Å²) in [7, 11) is 0. The largest absolute Gasteiger partial charge is 0.475 e. The predicted octanol–water partition coefficient (Wildman–Crippen LogP) is 3.10. The maximum atomic E-state index is 5.74. The lowest BCUT2D eigenvalue weighted by atomic mass is 10.1. The Morgan fingerprint density at radius 3 is 2.89 bits per heavy atom. The van der Waals surface area contributed by atoms with Crippen molar-refractivity contribution < 1.29 is 4.74 Å². The molecule has 1 heterocycles. The molecule has 0 bridgehead atoms. The van der Waals surface area contributed by atoms with Crippen molar-refractivity contribution in [3.8, 4) is 0 Å². The van der Waals surface area contributed by atoms with Gasteiger partial charge in [-0.15, -0.1) is 0 Å². The van der Waals surface area contributed by atoms with E-state index in [1.807, 2.05) is 12.1 Å². The number of rotatable bonds is 4. The van der Waals surface area contributed by atoms with E-state index in [-0.39, 0.29) is 6.04 Å². The summed E-state index contributed by atoms with van der Waals surface area (Å²) in [5.41, 5.74) is 3.28. The third kappa shape index (κ3) is 2.64. The smallest absolute Gasteiger partial charge is 0.218 e. The van der Waals surface area contributed by atoms with E-state index < -0.39 is 0 Å². The molecule has 0 saturated heterocycles. The average molecular weight is 264 g/mol. The molecule has 18 heavy (non-hydrogen) atoms. The molecule has 0 radical (unpaired) electrons. The summed E-state index contributed by atoms with van der Waals surface area (Å²) in [6.45, 7) is 7.10. The standard InChI is InChI=1S/C14H20N2OS/c1-9(2)12-7-17-14(16-12)11-6-4-5-10(3)13(11)15-8-18/h4-6,9,12,15,18H,7-8H2,1-3H3. The van der Waals surface area contributed by atoms with Gasteiger partial charge in [0, 0.05) is 0 Å². The number of ether oxygens (including phenoxy) is 1. The number of hydrogen-bond donors (Lipinski definition) is 2. The molecule has 0 saturated carbocycles. The quantitative estimate of drug-likeness (QED) is 0.647. The van der Waals surface area contributed by atoms with Crippen molar-refractivity contribution in [3.05, 3.63) is 29.3 Å². The summed E-state index contributed by atoms with van der Waals surface area (Å²) in [6.07, 6.45) is 0. The number of anilines is 1. The first kappa shape index (κ1) is 13.3. The summed E-state index contributed by atoms with van der Waals surface area (Å²) in [5, 5.41) is 3.27. The number of aliphatic imine (C=N–C) groups is 1. The highest BCUT2D eigenvalue weighted by Gasteiger charge is 2.24. The first-order valence-electron chi connectivity index (χ1n) is 6.28. The van der Waals surface area contributed by atoms with Gasteiger partial charge in [-0.25, -0.2) is 4.99 Å². The van der Waals surface area contributed by atoms with E-state index in [0.29, 0.717) is 18.4 Å². The molecule has 1 N–H and O–H groups in total. The van der Waals surface area contributed by atoms with Gasteiger partial charge in [0.05, 0.1) is 23.2 Å². The van der Waals surface area contributed by atoms with Crippen LogP contribution in [0.1, 0.15) is 25.0 Å². The zero-order valence-electron chi connectivity index (χ0n) is 11.1. The van der Waals surface area contributed by atoms with Crippen molar-refractivity contribution in [1.82, 2.24) is 0 Å². The minimum absolute atomic E-state index is 0.268. The minimum Gasteiger partial charge on any atom is -0.475 e. The molecule has 2 rings (SSSR count). The molecule has 1 unspecified atom stereocenters. The molecular formula is C14H20N2OS. The molecule has 0 fully saturated rings. The Balaban J connectivity index is 2.34. The maximum absolute atomic E-state index is 5.74. The molecular weight excluding hydrogens is 244 g/mol. The SMILES string of the molecule is Cc1cccc(C2=NC(C(C)C)CO2)c1NCS. The fraction of sp³-hybridized carbons (Fsp3) is 0.500. The van der Waals surface area contributed by atoms with E-state index in [4.69, 9.17) is 4.74 Å². The van der Waals surface area contributed by atoms with Crippen molar-refractivity contribution in [2.24, 2.45) is 10.9 Å². The van der Waals surface area contributed by atoms with Crippen molar-refractivity contribution in [2.75, 3.05) is 17.8 Å². The van der Waals surface area contributed by atoms with E-state index in [9.17, 15) is 0 Å². The van der Waals surface area contributed by atoms with Crippen molar-refractivity contribution >= 4 is 24.2 Å². The minimum atomic E-state index is 0.268. The molecule has 0 spiro atoms. The average Bonchev–Trinajstić information content (AvgIpc) is 2.81. The molecule has 1 aromatic carbocycles. The number of nitrogens with zero attached hydrogens (tertiary/aromatic N) is 1. The first-order valence-corrected chi connectivity index (χ1v) is 6.92. The second-order valence-corrected chi connectivity index (χ2v) is 5.21. The zero-order chi connectivity index (χ0) is 13.1. The summed E-state index contributed by atoms with van der Waals surface area (Å²) in [6, 6.07) is 6.41. The summed E-state index contributed by atoms with van der Waals surface area (Å²) in [5.74, 6) is 1.86. The van der Waals surface area contributed by atoms with Gasteiger partial charge in [0.1, 0.15) is 6.61 Å². The lowest BCUT2D eigenvalue weighted by Crippen LogP contribution is -2.13. The van der Waals surface area contributed by atoms with E-state index in [2.05, 4.69) is 49.8 Å². The number of hydrogen-bond acceptors (Lipinski definition) is 4. The third-order valence-electron chi connectivity index (χ3n) is 3.20. The van der Waals surface area contributed by atoms with Gasteiger partial charge in [-0.1, -0.05) is 26.0 Å². The molecule has 1 aliphatic rings. The Bertz CT molecular complexity index is 457. The normalized spacial score (nSPS) is 18.7.